The first-order chi connectivity index (χ1) is 5.65. The Hall–Kier alpha value is -1.64. The quantitative estimate of drug-likeness (QED) is 0.495. The van der Waals surface area contributed by atoms with Crippen LogP contribution >= 0.6 is 0 Å². The third-order valence-corrected chi connectivity index (χ3v) is 1.56. The molecule has 0 unspecified atom stereocenters. The highest BCUT2D eigenvalue weighted by Gasteiger charge is 2.05. The first-order valence-corrected chi connectivity index (χ1v) is 3.38. The number of hydrogen-bond acceptors (Lipinski definition) is 2. The van der Waals surface area contributed by atoms with E-state index in [4.69, 9.17) is 0 Å². The number of rotatable bonds is 2. The van der Waals surface area contributed by atoms with E-state index in [9.17, 15) is 10.1 Å². The number of non-ortho nitro benzene ring substituents is 1. The molecule has 1 aromatic carbocycles. The fourth-order valence-electron chi connectivity index (χ4n) is 0.905. The molecular formula is C9H8NO2. The zero-order chi connectivity index (χ0) is 9.14. The van der Waals surface area contributed by atoms with Gasteiger partial charge in [0.05, 0.1) is 4.92 Å². The molecule has 0 atom stereocenters. The minimum atomic E-state index is -0.443. The van der Waals surface area contributed by atoms with Gasteiger partial charge in [-0.25, -0.2) is 0 Å². The summed E-state index contributed by atoms with van der Waals surface area (Å²) in [4.78, 5) is 9.86. The summed E-state index contributed by atoms with van der Waals surface area (Å²) >= 11 is 0. The lowest BCUT2D eigenvalue weighted by Crippen LogP contribution is -1.89. The lowest BCUT2D eigenvalue weighted by molar-refractivity contribution is -0.384. The van der Waals surface area contributed by atoms with Gasteiger partial charge in [0.1, 0.15) is 0 Å². The molecule has 0 aliphatic carbocycles. The molecule has 1 aromatic rings. The predicted molar refractivity (Wildman–Crippen MR) is 47.6 cm³/mol. The molecule has 0 bridgehead atoms. The van der Waals surface area contributed by atoms with E-state index < -0.39 is 4.92 Å². The Morgan fingerprint density at radius 3 is 2.58 bits per heavy atom. The van der Waals surface area contributed by atoms with Crippen molar-refractivity contribution in [3.63, 3.8) is 0 Å². The summed E-state index contributed by atoms with van der Waals surface area (Å²) in [6.07, 6.45) is 1.62. The number of hydrogen-bond donors (Lipinski definition) is 0. The molecule has 0 heterocycles. The third kappa shape index (κ3) is 1.50. The number of nitro groups is 1. The molecule has 3 heteroatoms. The Labute approximate surface area is 70.5 Å². The number of nitrogens with zero attached hydrogens (tertiary/aromatic N) is 1. The Morgan fingerprint density at radius 1 is 1.50 bits per heavy atom. The second-order valence-corrected chi connectivity index (χ2v) is 2.34. The van der Waals surface area contributed by atoms with Crippen LogP contribution in [-0.4, -0.2) is 4.92 Å². The predicted octanol–water partition coefficient (Wildman–Crippen LogP) is 2.42. The molecule has 12 heavy (non-hydrogen) atoms. The minimum Gasteiger partial charge on any atom is -0.258 e. The molecule has 0 aliphatic rings. The molecule has 0 aromatic heterocycles. The van der Waals surface area contributed by atoms with Gasteiger partial charge < -0.3 is 0 Å². The first kappa shape index (κ1) is 8.46. The van der Waals surface area contributed by atoms with Crippen LogP contribution in [0, 0.1) is 17.0 Å². The van der Waals surface area contributed by atoms with E-state index in [1.165, 1.54) is 12.1 Å². The van der Waals surface area contributed by atoms with Crippen LogP contribution in [0.5, 0.6) is 0 Å². The zero-order valence-corrected chi connectivity index (χ0v) is 6.49. The van der Waals surface area contributed by atoms with Gasteiger partial charge in [0.15, 0.2) is 0 Å². The van der Waals surface area contributed by atoms with Crippen LogP contribution < -0.4 is 0 Å². The maximum Gasteiger partial charge on any atom is 0.269 e. The monoisotopic (exact) mass is 162 g/mol. The summed E-state index contributed by atoms with van der Waals surface area (Å²) in [6, 6.07) is 4.50. The standard InChI is InChI=1S/C9H8NO2/c1-3-8-4-5-9(10(11)12)6-7(8)2/h3-6H,1-2H2. The SMILES string of the molecule is [CH2]c1cc([N+](=O)[O-])ccc1C=C. The van der Waals surface area contributed by atoms with E-state index in [1.54, 1.807) is 12.1 Å². The van der Waals surface area contributed by atoms with E-state index in [-0.39, 0.29) is 5.69 Å². The molecule has 0 saturated carbocycles. The largest absolute Gasteiger partial charge is 0.269 e. The van der Waals surface area contributed by atoms with Gasteiger partial charge in [0.2, 0.25) is 0 Å². The Balaban J connectivity index is 3.18. The summed E-state index contributed by atoms with van der Waals surface area (Å²) < 4.78 is 0. The second kappa shape index (κ2) is 3.17. The Kier molecular flexibility index (Phi) is 2.24. The fourth-order valence-corrected chi connectivity index (χ4v) is 0.905. The van der Waals surface area contributed by atoms with Crippen LogP contribution in [0.25, 0.3) is 6.08 Å². The van der Waals surface area contributed by atoms with Gasteiger partial charge in [-0.05, 0) is 24.1 Å². The van der Waals surface area contributed by atoms with Crippen molar-refractivity contribution in [2.45, 2.75) is 0 Å². The van der Waals surface area contributed by atoms with Crippen molar-refractivity contribution >= 4 is 11.8 Å². The maximum absolute atomic E-state index is 10.3. The van der Waals surface area contributed by atoms with Crippen LogP contribution in [0.3, 0.4) is 0 Å². The summed E-state index contributed by atoms with van der Waals surface area (Å²) in [6.45, 7) is 7.22. The first-order valence-electron chi connectivity index (χ1n) is 3.38. The highest BCUT2D eigenvalue weighted by atomic mass is 16.6. The number of nitro benzene ring substituents is 1. The minimum absolute atomic E-state index is 0.0607. The van der Waals surface area contributed by atoms with Gasteiger partial charge in [-0.1, -0.05) is 12.7 Å². The highest BCUT2D eigenvalue weighted by molar-refractivity contribution is 5.56. The topological polar surface area (TPSA) is 43.1 Å². The summed E-state index contributed by atoms with van der Waals surface area (Å²) in [5.74, 6) is 0. The molecule has 0 amide bonds. The number of benzene rings is 1. The Bertz CT molecular complexity index is 331. The molecule has 0 fully saturated rings. The van der Waals surface area contributed by atoms with Gasteiger partial charge >= 0.3 is 0 Å². The normalized spacial score (nSPS) is 9.42. The van der Waals surface area contributed by atoms with Crippen molar-refractivity contribution in [1.82, 2.24) is 0 Å². The fraction of sp³-hybridized carbons (Fsp3) is 0. The van der Waals surface area contributed by atoms with Crippen molar-refractivity contribution in [3.05, 3.63) is 52.9 Å². The molecule has 0 spiro atoms. The molecule has 1 radical (unpaired) electrons. The average molecular weight is 162 g/mol. The van der Waals surface area contributed by atoms with Crippen molar-refractivity contribution in [2.24, 2.45) is 0 Å². The van der Waals surface area contributed by atoms with Crippen molar-refractivity contribution in [2.75, 3.05) is 0 Å². The van der Waals surface area contributed by atoms with Crippen LogP contribution in [0.15, 0.2) is 24.8 Å². The van der Waals surface area contributed by atoms with E-state index in [1.807, 2.05) is 0 Å². The van der Waals surface area contributed by atoms with Crippen LogP contribution in [0.4, 0.5) is 5.69 Å². The summed E-state index contributed by atoms with van der Waals surface area (Å²) in [5, 5.41) is 10.3. The lowest BCUT2D eigenvalue weighted by Gasteiger charge is -1.98. The Morgan fingerprint density at radius 2 is 2.17 bits per heavy atom. The lowest BCUT2D eigenvalue weighted by atomic mass is 10.1. The second-order valence-electron chi connectivity index (χ2n) is 2.34. The van der Waals surface area contributed by atoms with Gasteiger partial charge in [-0.2, -0.15) is 0 Å². The van der Waals surface area contributed by atoms with Crippen molar-refractivity contribution in [3.8, 4) is 0 Å². The zero-order valence-electron chi connectivity index (χ0n) is 6.49. The van der Waals surface area contributed by atoms with Crippen LogP contribution in [0.2, 0.25) is 0 Å². The summed E-state index contributed by atoms with van der Waals surface area (Å²) in [7, 11) is 0. The van der Waals surface area contributed by atoms with Gasteiger partial charge in [-0.3, -0.25) is 10.1 Å². The molecule has 1 rings (SSSR count). The smallest absolute Gasteiger partial charge is 0.258 e. The van der Waals surface area contributed by atoms with E-state index in [2.05, 4.69) is 13.5 Å². The van der Waals surface area contributed by atoms with Crippen LogP contribution in [-0.2, 0) is 0 Å². The maximum atomic E-state index is 10.3. The molecule has 0 aliphatic heterocycles. The molecule has 3 nitrogen and oxygen atoms in total. The summed E-state index contributed by atoms with van der Waals surface area (Å²) in [5.41, 5.74) is 1.51. The van der Waals surface area contributed by atoms with E-state index in [0.717, 1.165) is 5.56 Å². The van der Waals surface area contributed by atoms with Crippen molar-refractivity contribution in [1.29, 1.82) is 0 Å². The highest BCUT2D eigenvalue weighted by Crippen LogP contribution is 2.17. The van der Waals surface area contributed by atoms with Gasteiger partial charge in [-0.15, -0.1) is 0 Å². The van der Waals surface area contributed by atoms with Gasteiger partial charge in [0, 0.05) is 12.1 Å². The van der Waals surface area contributed by atoms with E-state index >= 15 is 0 Å². The van der Waals surface area contributed by atoms with Gasteiger partial charge in [0.25, 0.3) is 5.69 Å². The third-order valence-electron chi connectivity index (χ3n) is 1.56. The van der Waals surface area contributed by atoms with Crippen molar-refractivity contribution < 1.29 is 4.92 Å². The average Bonchev–Trinajstić information content (AvgIpc) is 2.04. The molecule has 61 valence electrons. The van der Waals surface area contributed by atoms with Crippen LogP contribution in [0.1, 0.15) is 11.1 Å². The molecule has 0 saturated heterocycles. The molecular weight excluding hydrogens is 154 g/mol. The molecule has 0 N–H and O–H groups in total. The van der Waals surface area contributed by atoms with E-state index in [0.29, 0.717) is 5.56 Å².